The average Bonchev–Trinajstić information content (AvgIpc) is 2.86. The van der Waals surface area contributed by atoms with E-state index in [4.69, 9.17) is 9.47 Å². The highest BCUT2D eigenvalue weighted by Gasteiger charge is 2.29. The van der Waals surface area contributed by atoms with E-state index in [0.29, 0.717) is 25.0 Å². The number of carbonyl (C=O) groups is 1. The van der Waals surface area contributed by atoms with Crippen LogP contribution in [0.5, 0.6) is 0 Å². The van der Waals surface area contributed by atoms with E-state index in [-0.39, 0.29) is 0 Å². The van der Waals surface area contributed by atoms with E-state index in [1.54, 1.807) is 6.92 Å². The molecule has 1 rings (SSSR count). The Bertz CT molecular complexity index is 209. The van der Waals surface area contributed by atoms with Crippen molar-refractivity contribution in [2.24, 2.45) is 10.9 Å². The SMILES string of the molecule is CCOC(=O)/N=C(\OCC)C1CC1. The third-order valence-electron chi connectivity index (χ3n) is 1.69. The molecule has 1 fully saturated rings. The number of nitrogens with zero attached hydrogens (tertiary/aromatic N) is 1. The largest absolute Gasteiger partial charge is 0.481 e. The van der Waals surface area contributed by atoms with Crippen LogP contribution in [0.4, 0.5) is 4.79 Å². The summed E-state index contributed by atoms with van der Waals surface area (Å²) in [5.41, 5.74) is 0. The molecule has 0 N–H and O–H groups in total. The molecule has 0 heterocycles. The van der Waals surface area contributed by atoms with Gasteiger partial charge in [-0.2, -0.15) is 0 Å². The number of rotatable bonds is 3. The van der Waals surface area contributed by atoms with Crippen molar-refractivity contribution in [1.82, 2.24) is 0 Å². The normalized spacial score (nSPS) is 16.9. The Morgan fingerprint density at radius 2 is 1.92 bits per heavy atom. The Morgan fingerprint density at radius 3 is 2.38 bits per heavy atom. The molecule has 0 bridgehead atoms. The molecule has 0 aromatic rings. The highest BCUT2D eigenvalue weighted by Crippen LogP contribution is 2.31. The van der Waals surface area contributed by atoms with Crippen LogP contribution in [0.15, 0.2) is 4.99 Å². The number of carbonyl (C=O) groups excluding carboxylic acids is 1. The van der Waals surface area contributed by atoms with Gasteiger partial charge in [0.05, 0.1) is 13.2 Å². The summed E-state index contributed by atoms with van der Waals surface area (Å²) in [4.78, 5) is 14.7. The Kier molecular flexibility index (Phi) is 3.73. The summed E-state index contributed by atoms with van der Waals surface area (Å²) in [5.74, 6) is 0.894. The molecule has 4 heteroatoms. The van der Waals surface area contributed by atoms with Gasteiger partial charge in [0.1, 0.15) is 0 Å². The van der Waals surface area contributed by atoms with Gasteiger partial charge in [-0.25, -0.2) is 4.79 Å². The summed E-state index contributed by atoms with van der Waals surface area (Å²) in [7, 11) is 0. The van der Waals surface area contributed by atoms with Crippen molar-refractivity contribution in [3.05, 3.63) is 0 Å². The highest BCUT2D eigenvalue weighted by atomic mass is 16.6. The van der Waals surface area contributed by atoms with Crippen LogP contribution in [0.2, 0.25) is 0 Å². The van der Waals surface area contributed by atoms with E-state index in [2.05, 4.69) is 4.99 Å². The van der Waals surface area contributed by atoms with Crippen LogP contribution in [-0.2, 0) is 9.47 Å². The third-order valence-corrected chi connectivity index (χ3v) is 1.69. The highest BCUT2D eigenvalue weighted by molar-refractivity contribution is 5.90. The minimum Gasteiger partial charge on any atom is -0.481 e. The smallest absolute Gasteiger partial charge is 0.436 e. The second-order valence-electron chi connectivity index (χ2n) is 2.86. The van der Waals surface area contributed by atoms with Crippen molar-refractivity contribution in [1.29, 1.82) is 0 Å². The van der Waals surface area contributed by atoms with Crippen molar-refractivity contribution in [2.45, 2.75) is 26.7 Å². The zero-order valence-electron chi connectivity index (χ0n) is 8.08. The van der Waals surface area contributed by atoms with Crippen LogP contribution in [0, 0.1) is 5.92 Å². The lowest BCUT2D eigenvalue weighted by molar-refractivity contribution is 0.162. The van der Waals surface area contributed by atoms with Gasteiger partial charge in [0.2, 0.25) is 0 Å². The molecule has 4 nitrogen and oxygen atoms in total. The van der Waals surface area contributed by atoms with Gasteiger partial charge >= 0.3 is 6.09 Å². The van der Waals surface area contributed by atoms with Crippen LogP contribution < -0.4 is 0 Å². The number of hydrogen-bond acceptors (Lipinski definition) is 3. The predicted molar refractivity (Wildman–Crippen MR) is 48.8 cm³/mol. The molecule has 0 aromatic carbocycles. The maximum Gasteiger partial charge on any atom is 0.436 e. The van der Waals surface area contributed by atoms with Crippen LogP contribution in [0.25, 0.3) is 0 Å². The number of amides is 1. The fourth-order valence-electron chi connectivity index (χ4n) is 0.965. The predicted octanol–water partition coefficient (Wildman–Crippen LogP) is 1.99. The summed E-state index contributed by atoms with van der Waals surface area (Å²) in [6.45, 7) is 4.54. The van der Waals surface area contributed by atoms with Crippen molar-refractivity contribution < 1.29 is 14.3 Å². The molecular formula is C9H15NO3. The molecule has 0 unspecified atom stereocenters. The molecular weight excluding hydrogens is 170 g/mol. The molecule has 74 valence electrons. The molecule has 1 aliphatic rings. The first kappa shape index (κ1) is 10.0. The van der Waals surface area contributed by atoms with Gasteiger partial charge in [-0.1, -0.05) is 0 Å². The van der Waals surface area contributed by atoms with E-state index in [1.807, 2.05) is 6.92 Å². The third kappa shape index (κ3) is 3.44. The van der Waals surface area contributed by atoms with Crippen molar-refractivity contribution >= 4 is 12.0 Å². The second kappa shape index (κ2) is 4.84. The Labute approximate surface area is 77.9 Å². The van der Waals surface area contributed by atoms with Crippen molar-refractivity contribution in [3.8, 4) is 0 Å². The quantitative estimate of drug-likeness (QED) is 0.499. The van der Waals surface area contributed by atoms with Crippen molar-refractivity contribution in [3.63, 3.8) is 0 Å². The van der Waals surface area contributed by atoms with Crippen molar-refractivity contribution in [2.75, 3.05) is 13.2 Å². The first-order valence-electron chi connectivity index (χ1n) is 4.66. The fraction of sp³-hybridized carbons (Fsp3) is 0.778. The summed E-state index contributed by atoms with van der Waals surface area (Å²) in [6, 6.07) is 0. The van der Waals surface area contributed by atoms with E-state index >= 15 is 0 Å². The molecule has 0 atom stereocenters. The average molecular weight is 185 g/mol. The minimum absolute atomic E-state index is 0.351. The number of hydrogen-bond donors (Lipinski definition) is 0. The fourth-order valence-corrected chi connectivity index (χ4v) is 0.965. The molecule has 0 aromatic heterocycles. The molecule has 1 saturated carbocycles. The van der Waals surface area contributed by atoms with Gasteiger partial charge in [-0.3, -0.25) is 0 Å². The monoisotopic (exact) mass is 185 g/mol. The Hall–Kier alpha value is -1.06. The van der Waals surface area contributed by atoms with E-state index < -0.39 is 6.09 Å². The lowest BCUT2D eigenvalue weighted by Gasteiger charge is -2.04. The summed E-state index contributed by atoms with van der Waals surface area (Å²) in [5, 5.41) is 0. The van der Waals surface area contributed by atoms with Crippen LogP contribution in [0.1, 0.15) is 26.7 Å². The van der Waals surface area contributed by atoms with E-state index in [9.17, 15) is 4.79 Å². The van der Waals surface area contributed by atoms with Gasteiger partial charge in [0.25, 0.3) is 0 Å². The Balaban J connectivity index is 2.46. The molecule has 0 spiro atoms. The molecule has 0 aliphatic heterocycles. The second-order valence-corrected chi connectivity index (χ2v) is 2.86. The zero-order chi connectivity index (χ0) is 9.68. The summed E-state index contributed by atoms with van der Waals surface area (Å²) >= 11 is 0. The van der Waals surface area contributed by atoms with Crippen LogP contribution >= 0.6 is 0 Å². The lowest BCUT2D eigenvalue weighted by Crippen LogP contribution is -2.11. The molecule has 0 saturated heterocycles. The summed E-state index contributed by atoms with van der Waals surface area (Å²) < 4.78 is 9.92. The standard InChI is InChI=1S/C9H15NO3/c1-3-12-8(7-5-6-7)10-9(11)13-4-2/h7H,3-6H2,1-2H3/b10-8-. The molecule has 13 heavy (non-hydrogen) atoms. The van der Waals surface area contributed by atoms with Crippen LogP contribution in [0.3, 0.4) is 0 Å². The molecule has 1 amide bonds. The summed E-state index contributed by atoms with van der Waals surface area (Å²) in [6.07, 6.45) is 1.59. The first-order valence-corrected chi connectivity index (χ1v) is 4.66. The van der Waals surface area contributed by atoms with Gasteiger partial charge in [0, 0.05) is 5.92 Å². The topological polar surface area (TPSA) is 47.9 Å². The van der Waals surface area contributed by atoms with Crippen LogP contribution in [-0.4, -0.2) is 25.2 Å². The van der Waals surface area contributed by atoms with E-state index in [0.717, 1.165) is 12.8 Å². The number of ether oxygens (including phenoxy) is 2. The van der Waals surface area contributed by atoms with Gasteiger partial charge in [-0.05, 0) is 26.7 Å². The molecule has 1 aliphatic carbocycles. The first-order chi connectivity index (χ1) is 6.27. The van der Waals surface area contributed by atoms with Gasteiger partial charge < -0.3 is 9.47 Å². The van der Waals surface area contributed by atoms with Gasteiger partial charge in [0.15, 0.2) is 5.90 Å². The zero-order valence-corrected chi connectivity index (χ0v) is 8.08. The van der Waals surface area contributed by atoms with Gasteiger partial charge in [-0.15, -0.1) is 4.99 Å². The maximum absolute atomic E-state index is 11.0. The molecule has 0 radical (unpaired) electrons. The number of aliphatic imine (C=N–C) groups is 1. The minimum atomic E-state index is -0.544. The lowest BCUT2D eigenvalue weighted by atomic mass is 10.4. The maximum atomic E-state index is 11.0. The van der Waals surface area contributed by atoms with E-state index in [1.165, 1.54) is 0 Å². The Morgan fingerprint density at radius 1 is 1.31 bits per heavy atom.